The van der Waals surface area contributed by atoms with Crippen molar-refractivity contribution >= 4 is 22.9 Å². The highest BCUT2D eigenvalue weighted by Gasteiger charge is 2.20. The van der Waals surface area contributed by atoms with Crippen molar-refractivity contribution in [3.8, 4) is 11.5 Å². The molecule has 0 bridgehead atoms. The molecule has 1 aliphatic heterocycles. The van der Waals surface area contributed by atoms with Gasteiger partial charge >= 0.3 is 0 Å². The van der Waals surface area contributed by atoms with E-state index in [1.165, 1.54) is 0 Å². The third kappa shape index (κ3) is 3.18. The average Bonchev–Trinajstić information content (AvgIpc) is 2.78. The van der Waals surface area contributed by atoms with Gasteiger partial charge in [0.05, 0.1) is 24.3 Å². The Kier molecular flexibility index (Phi) is 4.68. The molecule has 1 atom stereocenters. The number of halogens is 1. The molecule has 1 unspecified atom stereocenters. The SMILES string of the molecule is CCNC(c1ccc2c(c1)OCCCO2)c1sccc1Cl. The van der Waals surface area contributed by atoms with Crippen LogP contribution < -0.4 is 14.8 Å². The lowest BCUT2D eigenvalue weighted by atomic mass is 10.0. The fraction of sp³-hybridized carbons (Fsp3) is 0.375. The van der Waals surface area contributed by atoms with Gasteiger partial charge in [0.1, 0.15) is 0 Å². The number of hydrogen-bond donors (Lipinski definition) is 1. The van der Waals surface area contributed by atoms with Gasteiger partial charge in [0.2, 0.25) is 0 Å². The maximum atomic E-state index is 6.30. The molecule has 112 valence electrons. The highest BCUT2D eigenvalue weighted by Crippen LogP contribution is 2.37. The first kappa shape index (κ1) is 14.7. The van der Waals surface area contributed by atoms with E-state index in [0.717, 1.165) is 39.9 Å². The molecule has 0 saturated heterocycles. The van der Waals surface area contributed by atoms with Gasteiger partial charge in [-0.05, 0) is 35.7 Å². The van der Waals surface area contributed by atoms with Crippen LogP contribution in [0.3, 0.4) is 0 Å². The molecule has 1 aromatic heterocycles. The number of ether oxygens (including phenoxy) is 2. The first-order valence-electron chi connectivity index (χ1n) is 7.15. The maximum absolute atomic E-state index is 6.30. The summed E-state index contributed by atoms with van der Waals surface area (Å²) in [5.74, 6) is 1.64. The molecule has 0 aliphatic carbocycles. The maximum Gasteiger partial charge on any atom is 0.161 e. The quantitative estimate of drug-likeness (QED) is 0.911. The van der Waals surface area contributed by atoms with Gasteiger partial charge in [0.15, 0.2) is 11.5 Å². The molecule has 2 aromatic rings. The van der Waals surface area contributed by atoms with Crippen LogP contribution in [0.1, 0.15) is 29.8 Å². The summed E-state index contributed by atoms with van der Waals surface area (Å²) in [7, 11) is 0. The van der Waals surface area contributed by atoms with Crippen LogP contribution in [0.25, 0.3) is 0 Å². The van der Waals surface area contributed by atoms with Gasteiger partial charge < -0.3 is 14.8 Å². The Morgan fingerprint density at radius 1 is 1.24 bits per heavy atom. The van der Waals surface area contributed by atoms with Crippen LogP contribution >= 0.6 is 22.9 Å². The van der Waals surface area contributed by atoms with Crippen LogP contribution in [-0.2, 0) is 0 Å². The molecule has 21 heavy (non-hydrogen) atoms. The van der Waals surface area contributed by atoms with E-state index in [-0.39, 0.29) is 6.04 Å². The topological polar surface area (TPSA) is 30.5 Å². The molecule has 0 spiro atoms. The summed E-state index contributed by atoms with van der Waals surface area (Å²) in [6, 6.07) is 8.15. The Morgan fingerprint density at radius 2 is 2.05 bits per heavy atom. The van der Waals surface area contributed by atoms with E-state index in [0.29, 0.717) is 13.2 Å². The largest absolute Gasteiger partial charge is 0.490 e. The normalized spacial score (nSPS) is 15.5. The van der Waals surface area contributed by atoms with Crippen LogP contribution in [0.4, 0.5) is 0 Å². The minimum absolute atomic E-state index is 0.0830. The zero-order valence-corrected chi connectivity index (χ0v) is 13.5. The number of hydrogen-bond acceptors (Lipinski definition) is 4. The number of thiophene rings is 1. The van der Waals surface area contributed by atoms with Gasteiger partial charge in [-0.2, -0.15) is 0 Å². The predicted octanol–water partition coefficient (Wildman–Crippen LogP) is 4.26. The molecule has 0 radical (unpaired) electrons. The second-order valence-corrected chi connectivity index (χ2v) is 6.24. The molecule has 0 fully saturated rings. The first-order chi connectivity index (χ1) is 10.3. The van der Waals surface area contributed by atoms with E-state index in [4.69, 9.17) is 21.1 Å². The lowest BCUT2D eigenvalue weighted by Gasteiger charge is -2.19. The Labute approximate surface area is 133 Å². The van der Waals surface area contributed by atoms with Crippen molar-refractivity contribution in [3.05, 3.63) is 45.1 Å². The Bertz CT molecular complexity index is 614. The Morgan fingerprint density at radius 3 is 2.76 bits per heavy atom. The summed E-state index contributed by atoms with van der Waals surface area (Å²) < 4.78 is 11.5. The van der Waals surface area contributed by atoms with E-state index in [1.807, 2.05) is 17.5 Å². The van der Waals surface area contributed by atoms with E-state index < -0.39 is 0 Å². The van der Waals surface area contributed by atoms with Crippen LogP contribution in [-0.4, -0.2) is 19.8 Å². The molecule has 0 amide bonds. The molecule has 2 heterocycles. The van der Waals surface area contributed by atoms with E-state index in [1.54, 1.807) is 11.3 Å². The molecular weight excluding hydrogens is 306 g/mol. The summed E-state index contributed by atoms with van der Waals surface area (Å²) in [6.07, 6.45) is 0.914. The fourth-order valence-electron chi connectivity index (χ4n) is 2.44. The summed E-state index contributed by atoms with van der Waals surface area (Å²) in [5, 5.41) is 6.32. The van der Waals surface area contributed by atoms with Crippen LogP contribution in [0.15, 0.2) is 29.6 Å². The highest BCUT2D eigenvalue weighted by atomic mass is 35.5. The molecule has 3 rings (SSSR count). The van der Waals surface area contributed by atoms with E-state index in [9.17, 15) is 0 Å². The fourth-order valence-corrected chi connectivity index (χ4v) is 3.70. The van der Waals surface area contributed by atoms with Gasteiger partial charge in [-0.25, -0.2) is 0 Å². The summed E-state index contributed by atoms with van der Waals surface area (Å²) in [5.41, 5.74) is 1.14. The lowest BCUT2D eigenvalue weighted by Crippen LogP contribution is -2.21. The Balaban J connectivity index is 1.96. The predicted molar refractivity (Wildman–Crippen MR) is 86.9 cm³/mol. The minimum Gasteiger partial charge on any atom is -0.490 e. The van der Waals surface area contributed by atoms with Gasteiger partial charge in [-0.15, -0.1) is 11.3 Å². The monoisotopic (exact) mass is 323 g/mol. The van der Waals surface area contributed by atoms with Crippen LogP contribution in [0.5, 0.6) is 11.5 Å². The second kappa shape index (κ2) is 6.69. The number of benzene rings is 1. The molecule has 0 saturated carbocycles. The van der Waals surface area contributed by atoms with Crippen molar-refractivity contribution in [2.45, 2.75) is 19.4 Å². The third-order valence-electron chi connectivity index (χ3n) is 3.42. The summed E-state index contributed by atoms with van der Waals surface area (Å²) in [4.78, 5) is 1.13. The van der Waals surface area contributed by atoms with Crippen molar-refractivity contribution < 1.29 is 9.47 Å². The van der Waals surface area contributed by atoms with Crippen molar-refractivity contribution in [1.29, 1.82) is 0 Å². The van der Waals surface area contributed by atoms with Gasteiger partial charge in [-0.1, -0.05) is 24.6 Å². The number of rotatable bonds is 4. The van der Waals surface area contributed by atoms with Crippen LogP contribution in [0, 0.1) is 0 Å². The zero-order chi connectivity index (χ0) is 14.7. The minimum atomic E-state index is 0.0830. The lowest BCUT2D eigenvalue weighted by molar-refractivity contribution is 0.297. The second-order valence-electron chi connectivity index (χ2n) is 4.88. The van der Waals surface area contributed by atoms with E-state index in [2.05, 4.69) is 24.4 Å². The third-order valence-corrected chi connectivity index (χ3v) is 4.84. The standard InChI is InChI=1S/C16H18ClNO2S/c1-2-18-15(16-12(17)6-9-21-16)11-4-5-13-14(10-11)20-8-3-7-19-13/h4-6,9-10,15,18H,2-3,7-8H2,1H3. The van der Waals surface area contributed by atoms with Crippen molar-refractivity contribution in [3.63, 3.8) is 0 Å². The summed E-state index contributed by atoms with van der Waals surface area (Å²) >= 11 is 7.97. The van der Waals surface area contributed by atoms with Crippen molar-refractivity contribution in [2.75, 3.05) is 19.8 Å². The number of fused-ring (bicyclic) bond motifs is 1. The van der Waals surface area contributed by atoms with Crippen molar-refractivity contribution in [2.24, 2.45) is 0 Å². The zero-order valence-electron chi connectivity index (χ0n) is 11.9. The average molecular weight is 324 g/mol. The van der Waals surface area contributed by atoms with Gasteiger partial charge in [0, 0.05) is 11.3 Å². The molecule has 5 heteroatoms. The first-order valence-corrected chi connectivity index (χ1v) is 8.41. The van der Waals surface area contributed by atoms with Gasteiger partial charge in [0.25, 0.3) is 0 Å². The molecular formula is C16H18ClNO2S. The molecule has 1 aliphatic rings. The smallest absolute Gasteiger partial charge is 0.161 e. The van der Waals surface area contributed by atoms with Crippen LogP contribution in [0.2, 0.25) is 5.02 Å². The van der Waals surface area contributed by atoms with E-state index >= 15 is 0 Å². The highest BCUT2D eigenvalue weighted by molar-refractivity contribution is 7.10. The van der Waals surface area contributed by atoms with Crippen molar-refractivity contribution in [1.82, 2.24) is 5.32 Å². The number of nitrogens with one attached hydrogen (secondary N) is 1. The summed E-state index contributed by atoms with van der Waals surface area (Å²) in [6.45, 7) is 4.37. The molecule has 3 nitrogen and oxygen atoms in total. The Hall–Kier alpha value is -1.23. The van der Waals surface area contributed by atoms with Gasteiger partial charge in [-0.3, -0.25) is 0 Å². The molecule has 1 aromatic carbocycles. The molecule has 1 N–H and O–H groups in total.